The molecule has 1 aliphatic heterocycles. The molecule has 0 aliphatic carbocycles. The van der Waals surface area contributed by atoms with Gasteiger partial charge in [-0.1, -0.05) is 18.2 Å². The van der Waals surface area contributed by atoms with E-state index in [0.717, 1.165) is 12.0 Å². The number of ether oxygens (including phenoxy) is 1. The molecule has 5 nitrogen and oxygen atoms in total. The second-order valence-corrected chi connectivity index (χ2v) is 6.48. The molecule has 0 fully saturated rings. The Morgan fingerprint density at radius 3 is 2.93 bits per heavy atom. The van der Waals surface area contributed by atoms with E-state index < -0.39 is 0 Å². The van der Waals surface area contributed by atoms with Crippen LogP contribution < -0.4 is 10.1 Å². The third-order valence-corrected chi connectivity index (χ3v) is 4.49. The molecule has 1 atom stereocenters. The van der Waals surface area contributed by atoms with Crippen LogP contribution in [0.3, 0.4) is 0 Å². The first-order valence-electron chi connectivity index (χ1n) is 8.90. The maximum Gasteiger partial charge on any atom is 0.226 e. The summed E-state index contributed by atoms with van der Waals surface area (Å²) in [7, 11) is 0. The predicted octanol–water partition coefficient (Wildman–Crippen LogP) is 4.05. The van der Waals surface area contributed by atoms with Crippen LogP contribution in [0.15, 0.2) is 59.2 Å². The van der Waals surface area contributed by atoms with Crippen LogP contribution in [-0.2, 0) is 11.2 Å². The molecular weight excluding hydrogens is 347 g/mol. The quantitative estimate of drug-likeness (QED) is 0.756. The van der Waals surface area contributed by atoms with Crippen molar-refractivity contribution < 1.29 is 18.3 Å². The molecule has 0 radical (unpaired) electrons. The maximum absolute atomic E-state index is 13.7. The van der Waals surface area contributed by atoms with Gasteiger partial charge < -0.3 is 14.5 Å². The Morgan fingerprint density at radius 1 is 1.22 bits per heavy atom. The van der Waals surface area contributed by atoms with Gasteiger partial charge in [0, 0.05) is 11.1 Å². The molecule has 138 valence electrons. The van der Waals surface area contributed by atoms with Crippen LogP contribution in [0.5, 0.6) is 5.75 Å². The number of rotatable bonds is 4. The van der Waals surface area contributed by atoms with Gasteiger partial charge in [-0.15, -0.1) is 0 Å². The van der Waals surface area contributed by atoms with Crippen molar-refractivity contribution in [3.63, 3.8) is 0 Å². The second kappa shape index (κ2) is 7.61. The molecule has 27 heavy (non-hydrogen) atoms. The van der Waals surface area contributed by atoms with E-state index in [2.05, 4.69) is 10.3 Å². The van der Waals surface area contributed by atoms with Crippen molar-refractivity contribution in [1.29, 1.82) is 0 Å². The molecule has 0 saturated carbocycles. The van der Waals surface area contributed by atoms with E-state index in [1.807, 2.05) is 30.3 Å². The number of hydrogen-bond donors (Lipinski definition) is 1. The molecule has 0 spiro atoms. The zero-order valence-corrected chi connectivity index (χ0v) is 14.7. The smallest absolute Gasteiger partial charge is 0.226 e. The molecule has 0 unspecified atom stereocenters. The molecule has 0 bridgehead atoms. The fourth-order valence-electron chi connectivity index (χ4n) is 3.21. The first-order chi connectivity index (χ1) is 13.2. The summed E-state index contributed by atoms with van der Waals surface area (Å²) >= 11 is 0. The van der Waals surface area contributed by atoms with Crippen molar-refractivity contribution in [2.24, 2.45) is 0 Å². The SMILES string of the molecule is O=C(Cc1coc(-c2ccccc2)n1)N[C@@H]1CCCOc2ccc(F)cc21. The fraction of sp³-hybridized carbons (Fsp3) is 0.238. The van der Waals surface area contributed by atoms with Gasteiger partial charge in [-0.2, -0.15) is 0 Å². The summed E-state index contributed by atoms with van der Waals surface area (Å²) in [5.41, 5.74) is 2.08. The predicted molar refractivity (Wildman–Crippen MR) is 97.7 cm³/mol. The minimum absolute atomic E-state index is 0.0956. The molecule has 1 N–H and O–H groups in total. The van der Waals surface area contributed by atoms with Crippen molar-refractivity contribution in [3.05, 3.63) is 71.9 Å². The summed E-state index contributed by atoms with van der Waals surface area (Å²) in [4.78, 5) is 16.9. The number of fused-ring (bicyclic) bond motifs is 1. The summed E-state index contributed by atoms with van der Waals surface area (Å²) in [5, 5.41) is 2.97. The van der Waals surface area contributed by atoms with E-state index in [4.69, 9.17) is 9.15 Å². The van der Waals surface area contributed by atoms with Gasteiger partial charge >= 0.3 is 0 Å². The number of carbonyl (C=O) groups excluding carboxylic acids is 1. The number of nitrogens with zero attached hydrogens (tertiary/aromatic N) is 1. The lowest BCUT2D eigenvalue weighted by molar-refractivity contribution is -0.121. The first kappa shape index (κ1) is 17.3. The van der Waals surface area contributed by atoms with E-state index >= 15 is 0 Å². The van der Waals surface area contributed by atoms with E-state index in [9.17, 15) is 9.18 Å². The highest BCUT2D eigenvalue weighted by molar-refractivity contribution is 5.78. The fourth-order valence-corrected chi connectivity index (χ4v) is 3.21. The summed E-state index contributed by atoms with van der Waals surface area (Å²) in [6.07, 6.45) is 3.06. The zero-order valence-electron chi connectivity index (χ0n) is 14.7. The molecule has 6 heteroatoms. The van der Waals surface area contributed by atoms with Gasteiger partial charge in [-0.05, 0) is 43.2 Å². The van der Waals surface area contributed by atoms with Gasteiger partial charge in [-0.25, -0.2) is 9.37 Å². The van der Waals surface area contributed by atoms with E-state index in [1.54, 1.807) is 6.07 Å². The number of amides is 1. The Balaban J connectivity index is 1.46. The monoisotopic (exact) mass is 366 g/mol. The number of hydrogen-bond acceptors (Lipinski definition) is 4. The van der Waals surface area contributed by atoms with Gasteiger partial charge in [0.15, 0.2) is 0 Å². The lowest BCUT2D eigenvalue weighted by atomic mass is 10.0. The molecule has 2 aromatic carbocycles. The maximum atomic E-state index is 13.7. The van der Waals surface area contributed by atoms with Crippen LogP contribution >= 0.6 is 0 Å². The minimum atomic E-state index is -0.345. The lowest BCUT2D eigenvalue weighted by Gasteiger charge is -2.18. The lowest BCUT2D eigenvalue weighted by Crippen LogP contribution is -2.29. The molecule has 2 heterocycles. The van der Waals surface area contributed by atoms with Crippen LogP contribution in [0.4, 0.5) is 4.39 Å². The number of benzene rings is 2. The van der Waals surface area contributed by atoms with Gasteiger partial charge in [0.2, 0.25) is 11.8 Å². The van der Waals surface area contributed by atoms with Crippen molar-refractivity contribution in [2.75, 3.05) is 6.61 Å². The number of oxazole rings is 1. The first-order valence-corrected chi connectivity index (χ1v) is 8.90. The molecule has 1 aromatic heterocycles. The summed E-state index contributed by atoms with van der Waals surface area (Å²) in [6.45, 7) is 0.550. The average Bonchev–Trinajstić information content (AvgIpc) is 3.05. The normalized spacial score (nSPS) is 16.1. The summed E-state index contributed by atoms with van der Waals surface area (Å²) < 4.78 is 24.8. The third kappa shape index (κ3) is 4.00. The zero-order chi connectivity index (χ0) is 18.6. The Kier molecular flexibility index (Phi) is 4.87. The minimum Gasteiger partial charge on any atom is -0.493 e. The molecule has 1 amide bonds. The van der Waals surface area contributed by atoms with Crippen molar-refractivity contribution >= 4 is 5.91 Å². The molecule has 3 aromatic rings. The van der Waals surface area contributed by atoms with Crippen LogP contribution in [0.1, 0.15) is 30.1 Å². The van der Waals surface area contributed by atoms with Crippen LogP contribution in [0.25, 0.3) is 11.5 Å². The Labute approximate surface area is 156 Å². The highest BCUT2D eigenvalue weighted by atomic mass is 19.1. The van der Waals surface area contributed by atoms with Crippen LogP contribution in [-0.4, -0.2) is 17.5 Å². The van der Waals surface area contributed by atoms with Gasteiger partial charge in [0.25, 0.3) is 0 Å². The topological polar surface area (TPSA) is 64.4 Å². The Hall–Kier alpha value is -3.15. The van der Waals surface area contributed by atoms with E-state index in [0.29, 0.717) is 35.9 Å². The van der Waals surface area contributed by atoms with Crippen molar-refractivity contribution in [3.8, 4) is 17.2 Å². The second-order valence-electron chi connectivity index (χ2n) is 6.48. The highest BCUT2D eigenvalue weighted by Gasteiger charge is 2.22. The highest BCUT2D eigenvalue weighted by Crippen LogP contribution is 2.32. The third-order valence-electron chi connectivity index (χ3n) is 4.49. The van der Waals surface area contributed by atoms with E-state index in [1.165, 1.54) is 18.4 Å². The van der Waals surface area contributed by atoms with Crippen molar-refractivity contribution in [1.82, 2.24) is 10.3 Å². The molecule has 0 saturated heterocycles. The van der Waals surface area contributed by atoms with E-state index in [-0.39, 0.29) is 24.2 Å². The van der Waals surface area contributed by atoms with Gasteiger partial charge in [0.1, 0.15) is 17.8 Å². The Morgan fingerprint density at radius 2 is 2.07 bits per heavy atom. The molecule has 4 rings (SSSR count). The van der Waals surface area contributed by atoms with Crippen molar-refractivity contribution in [2.45, 2.75) is 25.3 Å². The van der Waals surface area contributed by atoms with Gasteiger partial charge in [-0.3, -0.25) is 4.79 Å². The number of halogens is 1. The largest absolute Gasteiger partial charge is 0.493 e. The molecular formula is C21H19FN2O3. The van der Waals surface area contributed by atoms with Crippen LogP contribution in [0, 0.1) is 5.82 Å². The molecule has 1 aliphatic rings. The summed E-state index contributed by atoms with van der Waals surface area (Å²) in [5.74, 6) is 0.563. The van der Waals surface area contributed by atoms with Crippen LogP contribution in [0.2, 0.25) is 0 Å². The standard InChI is InChI=1S/C21H19FN2O3/c22-15-8-9-19-17(11-15)18(7-4-10-26-19)24-20(25)12-16-13-27-21(23-16)14-5-2-1-3-6-14/h1-3,5-6,8-9,11,13,18H,4,7,10,12H2,(H,24,25)/t18-/m1/s1. The average molecular weight is 366 g/mol. The number of nitrogens with one attached hydrogen (secondary N) is 1. The number of carbonyl (C=O) groups is 1. The summed E-state index contributed by atoms with van der Waals surface area (Å²) in [6, 6.07) is 13.6. The van der Waals surface area contributed by atoms with Gasteiger partial charge in [0.05, 0.1) is 24.8 Å². The number of aromatic nitrogens is 1. The Bertz CT molecular complexity index is 940.